The van der Waals surface area contributed by atoms with Crippen molar-refractivity contribution in [1.29, 1.82) is 0 Å². The van der Waals surface area contributed by atoms with E-state index in [1.165, 1.54) is 0 Å². The first kappa shape index (κ1) is 16.7. The third-order valence-corrected chi connectivity index (χ3v) is 2.41. The van der Waals surface area contributed by atoms with Crippen molar-refractivity contribution >= 4 is 11.9 Å². The molecule has 0 rings (SSSR count). The molecule has 0 saturated carbocycles. The molecule has 1 unspecified atom stereocenters. The van der Waals surface area contributed by atoms with E-state index in [4.69, 9.17) is 10.5 Å². The van der Waals surface area contributed by atoms with Crippen LogP contribution in [0.4, 0.5) is 0 Å². The van der Waals surface area contributed by atoms with Gasteiger partial charge in [-0.15, -0.1) is 0 Å². The molecule has 0 aromatic heterocycles. The normalized spacial score (nSPS) is 14.2. The smallest absolute Gasteiger partial charge is 0.227 e. The molecule has 6 nitrogen and oxygen atoms in total. The van der Waals surface area contributed by atoms with E-state index >= 15 is 0 Å². The van der Waals surface area contributed by atoms with Crippen molar-refractivity contribution in [1.82, 2.24) is 10.6 Å². The summed E-state index contributed by atoms with van der Waals surface area (Å²) >= 11 is 0. The van der Waals surface area contributed by atoms with Crippen molar-refractivity contribution in [3.8, 4) is 0 Å². The van der Waals surface area contributed by atoms with Gasteiger partial charge >= 0.3 is 0 Å². The van der Waals surface area contributed by atoms with Crippen molar-refractivity contribution < 1.29 is 9.53 Å². The Labute approximate surface area is 109 Å². The minimum Gasteiger partial charge on any atom is -0.383 e. The third-order valence-electron chi connectivity index (χ3n) is 2.41. The molecule has 0 aliphatic carbocycles. The molecule has 0 saturated heterocycles. The monoisotopic (exact) mass is 258 g/mol. The van der Waals surface area contributed by atoms with Crippen LogP contribution in [0.25, 0.3) is 0 Å². The highest BCUT2D eigenvalue weighted by Crippen LogP contribution is 2.15. The Hall–Kier alpha value is -1.30. The number of amides is 1. The van der Waals surface area contributed by atoms with Crippen LogP contribution < -0.4 is 16.4 Å². The number of methoxy groups -OCH3 is 1. The van der Waals surface area contributed by atoms with E-state index in [0.29, 0.717) is 25.7 Å². The van der Waals surface area contributed by atoms with Crippen LogP contribution in [0.2, 0.25) is 0 Å². The third kappa shape index (κ3) is 6.44. The fourth-order valence-corrected chi connectivity index (χ4v) is 1.34. The first-order valence-electron chi connectivity index (χ1n) is 6.17. The van der Waals surface area contributed by atoms with Gasteiger partial charge in [-0.2, -0.15) is 0 Å². The van der Waals surface area contributed by atoms with Crippen LogP contribution >= 0.6 is 0 Å². The number of nitrogens with two attached hydrogens (primary N) is 1. The van der Waals surface area contributed by atoms with Crippen LogP contribution in [0.1, 0.15) is 27.7 Å². The molecular weight excluding hydrogens is 232 g/mol. The maximum Gasteiger partial charge on any atom is 0.227 e. The summed E-state index contributed by atoms with van der Waals surface area (Å²) in [4.78, 5) is 15.9. The Morgan fingerprint density at radius 3 is 2.61 bits per heavy atom. The lowest BCUT2D eigenvalue weighted by atomic mass is 9.92. The lowest BCUT2D eigenvalue weighted by molar-refractivity contribution is -0.128. The number of ether oxygens (including phenoxy) is 1. The second-order valence-corrected chi connectivity index (χ2v) is 4.95. The minimum absolute atomic E-state index is 0.0218. The summed E-state index contributed by atoms with van der Waals surface area (Å²) in [5, 5.41) is 5.78. The minimum atomic E-state index is -0.563. The van der Waals surface area contributed by atoms with Gasteiger partial charge in [0.15, 0.2) is 5.96 Å². The molecule has 0 aliphatic heterocycles. The molecule has 0 heterocycles. The topological polar surface area (TPSA) is 88.7 Å². The van der Waals surface area contributed by atoms with Crippen LogP contribution in [0.3, 0.4) is 0 Å². The number of aliphatic imine (C=N–C) groups is 1. The molecule has 0 radical (unpaired) electrons. The number of carbonyl (C=O) groups excluding carboxylic acids is 1. The Balaban J connectivity index is 4.30. The molecule has 0 fully saturated rings. The molecule has 0 bridgehead atoms. The van der Waals surface area contributed by atoms with Crippen molar-refractivity contribution in [3.63, 3.8) is 0 Å². The molecule has 1 amide bonds. The summed E-state index contributed by atoms with van der Waals surface area (Å²) in [7, 11) is 1.63. The predicted octanol–water partition coefficient (Wildman–Crippen LogP) is 0.0879. The van der Waals surface area contributed by atoms with E-state index in [9.17, 15) is 4.79 Å². The van der Waals surface area contributed by atoms with E-state index < -0.39 is 5.41 Å². The van der Waals surface area contributed by atoms with E-state index in [1.807, 2.05) is 27.7 Å². The van der Waals surface area contributed by atoms with Gasteiger partial charge in [0.1, 0.15) is 0 Å². The predicted molar refractivity (Wildman–Crippen MR) is 73.4 cm³/mol. The van der Waals surface area contributed by atoms with Crippen LogP contribution in [0, 0.1) is 5.41 Å². The highest BCUT2D eigenvalue weighted by Gasteiger charge is 2.26. The standard InChI is InChI=1S/C12H26N4O2/c1-6-14-10(17)12(3,4)8-15-11(13)16-9(2)7-18-5/h9H,6-8H2,1-5H3,(H,14,17)(H3,13,15,16). The SMILES string of the molecule is CCNC(=O)C(C)(C)CN=C(N)NC(C)COC. The van der Waals surface area contributed by atoms with E-state index in [2.05, 4.69) is 15.6 Å². The number of nitrogens with zero attached hydrogens (tertiary/aromatic N) is 1. The molecule has 0 spiro atoms. The van der Waals surface area contributed by atoms with Crippen molar-refractivity contribution in [2.24, 2.45) is 16.1 Å². The molecule has 106 valence electrons. The zero-order valence-corrected chi connectivity index (χ0v) is 12.0. The van der Waals surface area contributed by atoms with Gasteiger partial charge in [-0.25, -0.2) is 0 Å². The molecule has 18 heavy (non-hydrogen) atoms. The molecule has 1 atom stereocenters. The molecular formula is C12H26N4O2. The summed E-state index contributed by atoms with van der Waals surface area (Å²) in [6.07, 6.45) is 0. The summed E-state index contributed by atoms with van der Waals surface area (Å²) in [5.41, 5.74) is 5.18. The van der Waals surface area contributed by atoms with Crippen LogP contribution in [0.15, 0.2) is 4.99 Å². The zero-order chi connectivity index (χ0) is 14.2. The summed E-state index contributed by atoms with van der Waals surface area (Å²) in [6.45, 7) is 9.03. The second kappa shape index (κ2) is 7.92. The molecule has 4 N–H and O–H groups in total. The van der Waals surface area contributed by atoms with E-state index in [0.717, 1.165) is 0 Å². The average Bonchev–Trinajstić information content (AvgIpc) is 2.27. The van der Waals surface area contributed by atoms with Gasteiger partial charge < -0.3 is 21.1 Å². The Kier molecular flexibility index (Phi) is 7.35. The highest BCUT2D eigenvalue weighted by molar-refractivity contribution is 5.83. The summed E-state index contributed by atoms with van der Waals surface area (Å²) in [5.74, 6) is 0.309. The molecule has 6 heteroatoms. The summed E-state index contributed by atoms with van der Waals surface area (Å²) in [6, 6.07) is 0.0892. The summed E-state index contributed by atoms with van der Waals surface area (Å²) < 4.78 is 4.98. The first-order valence-corrected chi connectivity index (χ1v) is 6.17. The van der Waals surface area contributed by atoms with Gasteiger partial charge in [0.25, 0.3) is 0 Å². The number of guanidine groups is 1. The fourth-order valence-electron chi connectivity index (χ4n) is 1.34. The van der Waals surface area contributed by atoms with Crippen molar-refractivity contribution in [3.05, 3.63) is 0 Å². The van der Waals surface area contributed by atoms with E-state index in [1.54, 1.807) is 7.11 Å². The first-order chi connectivity index (χ1) is 8.33. The fraction of sp³-hybridized carbons (Fsp3) is 0.833. The lowest BCUT2D eigenvalue weighted by Crippen LogP contribution is -2.43. The maximum absolute atomic E-state index is 11.7. The van der Waals surface area contributed by atoms with Gasteiger partial charge in [0, 0.05) is 19.7 Å². The molecule has 0 aromatic rings. The number of hydrogen-bond donors (Lipinski definition) is 3. The highest BCUT2D eigenvalue weighted by atomic mass is 16.5. The number of carbonyl (C=O) groups is 1. The van der Waals surface area contributed by atoms with Crippen LogP contribution in [0.5, 0.6) is 0 Å². The largest absolute Gasteiger partial charge is 0.383 e. The number of nitrogens with one attached hydrogen (secondary N) is 2. The number of rotatable bonds is 7. The van der Waals surface area contributed by atoms with Gasteiger partial charge in [0.05, 0.1) is 18.6 Å². The number of hydrogen-bond acceptors (Lipinski definition) is 3. The van der Waals surface area contributed by atoms with Crippen molar-refractivity contribution in [2.75, 3.05) is 26.8 Å². The molecule has 0 aromatic carbocycles. The lowest BCUT2D eigenvalue weighted by Gasteiger charge is -2.21. The quantitative estimate of drug-likeness (QED) is 0.446. The van der Waals surface area contributed by atoms with Crippen molar-refractivity contribution in [2.45, 2.75) is 33.7 Å². The van der Waals surface area contributed by atoms with E-state index in [-0.39, 0.29) is 11.9 Å². The van der Waals surface area contributed by atoms with Gasteiger partial charge in [-0.3, -0.25) is 9.79 Å². The van der Waals surface area contributed by atoms with Gasteiger partial charge in [0.2, 0.25) is 5.91 Å². The van der Waals surface area contributed by atoms with Gasteiger partial charge in [-0.1, -0.05) is 0 Å². The second-order valence-electron chi connectivity index (χ2n) is 4.95. The maximum atomic E-state index is 11.7. The molecule has 0 aliphatic rings. The van der Waals surface area contributed by atoms with Crippen LogP contribution in [-0.2, 0) is 9.53 Å². The Morgan fingerprint density at radius 2 is 2.11 bits per heavy atom. The Morgan fingerprint density at radius 1 is 1.50 bits per heavy atom. The zero-order valence-electron chi connectivity index (χ0n) is 12.0. The Bertz CT molecular complexity index is 290. The average molecular weight is 258 g/mol. The van der Waals surface area contributed by atoms with Gasteiger partial charge in [-0.05, 0) is 27.7 Å². The van der Waals surface area contributed by atoms with Crippen LogP contribution in [-0.4, -0.2) is 44.7 Å².